The average molecular weight is 696 g/mol. The number of hydrogen-bond acceptors (Lipinski definition) is 11. The fraction of sp³-hybridized carbons (Fsp3) is 0.921. The minimum absolute atomic E-state index is 0.00639. The maximum absolute atomic E-state index is 14.2. The number of ether oxygens (including phenoxy) is 7. The van der Waals surface area contributed by atoms with E-state index in [0.29, 0.717) is 19.3 Å². The van der Waals surface area contributed by atoms with Crippen molar-refractivity contribution in [3.63, 3.8) is 0 Å². The Bertz CT molecular complexity index is 1230. The van der Waals surface area contributed by atoms with Crippen molar-refractivity contribution in [3.05, 3.63) is 11.6 Å². The lowest BCUT2D eigenvalue weighted by atomic mass is 9.69. The van der Waals surface area contributed by atoms with Crippen LogP contribution >= 0.6 is 0 Å². The first kappa shape index (κ1) is 39.1. The molecule has 4 fully saturated rings. The molecular weight excluding hydrogens is 630 g/mol. The van der Waals surface area contributed by atoms with Crippen LogP contribution in [-0.4, -0.2) is 120 Å². The van der Waals surface area contributed by atoms with Crippen LogP contribution in [0.5, 0.6) is 0 Å². The first-order valence-electron chi connectivity index (χ1n) is 18.6. The number of fused-ring (bicyclic) bond motifs is 2. The maximum atomic E-state index is 14.2. The first-order valence-corrected chi connectivity index (χ1v) is 18.6. The number of methoxy groups -OCH3 is 1. The highest BCUT2D eigenvalue weighted by atomic mass is 16.7. The number of esters is 1. The van der Waals surface area contributed by atoms with Crippen LogP contribution in [0.3, 0.4) is 0 Å². The molecule has 5 aliphatic rings. The summed E-state index contributed by atoms with van der Waals surface area (Å²) in [6.07, 6.45) is 0.205. The van der Waals surface area contributed by atoms with Crippen LogP contribution in [0, 0.1) is 23.7 Å². The van der Waals surface area contributed by atoms with Crippen LogP contribution < -0.4 is 0 Å². The third kappa shape index (κ3) is 6.90. The van der Waals surface area contributed by atoms with Gasteiger partial charge in [0.1, 0.15) is 17.8 Å². The summed E-state index contributed by atoms with van der Waals surface area (Å²) >= 11 is 0. The van der Waals surface area contributed by atoms with E-state index >= 15 is 0 Å². The molecule has 0 unspecified atom stereocenters. The molecule has 0 aromatic heterocycles. The van der Waals surface area contributed by atoms with Gasteiger partial charge in [0.2, 0.25) is 0 Å². The number of carbonyl (C=O) groups is 1. The minimum Gasteiger partial charge on any atom is -0.459 e. The Balaban J connectivity index is 1.60. The van der Waals surface area contributed by atoms with E-state index in [2.05, 4.69) is 45.6 Å². The molecule has 5 rings (SSSR count). The fourth-order valence-corrected chi connectivity index (χ4v) is 10.0. The lowest BCUT2D eigenvalue weighted by molar-refractivity contribution is -0.309. The lowest BCUT2D eigenvalue weighted by Gasteiger charge is -2.49. The summed E-state index contributed by atoms with van der Waals surface area (Å²) in [4.78, 5) is 16.3. The number of hydrogen-bond donors (Lipinski definition) is 2. The van der Waals surface area contributed by atoms with Crippen LogP contribution in [-0.2, 0) is 38.0 Å². The van der Waals surface area contributed by atoms with Gasteiger partial charge < -0.3 is 48.3 Å². The summed E-state index contributed by atoms with van der Waals surface area (Å²) in [7, 11) is 5.57. The SMILES string of the molecule is CC[C@H]1OC(=O)[C@H](C)[C@@H](O[C@H]2C[C@@](C)(OC)[C@@H](O)[C@H](C)O2)[C@H](C)[C@@H](C[C@@H]2O[C@H](C)C[C@H](N(C)C)[C@H]2O)[C@]2(C)C[C@@H](C)[C@]3(O[C@@]1(C)C=C3C)O2. The summed E-state index contributed by atoms with van der Waals surface area (Å²) in [6.45, 7) is 20.0. The van der Waals surface area contributed by atoms with E-state index in [1.165, 1.54) is 0 Å². The van der Waals surface area contributed by atoms with Crippen molar-refractivity contribution in [1.29, 1.82) is 0 Å². The largest absolute Gasteiger partial charge is 0.459 e. The van der Waals surface area contributed by atoms with Crippen LogP contribution in [0.4, 0.5) is 0 Å². The molecule has 0 amide bonds. The van der Waals surface area contributed by atoms with Crippen molar-refractivity contribution in [2.45, 2.75) is 179 Å². The summed E-state index contributed by atoms with van der Waals surface area (Å²) in [5.41, 5.74) is -1.55. The number of carbonyl (C=O) groups excluding carboxylic acids is 1. The molecule has 1 spiro atoms. The van der Waals surface area contributed by atoms with Gasteiger partial charge >= 0.3 is 5.97 Å². The highest BCUT2D eigenvalue weighted by Gasteiger charge is 2.64. The zero-order chi connectivity index (χ0) is 36.4. The van der Waals surface area contributed by atoms with Gasteiger partial charge in [-0.05, 0) is 112 Å². The number of rotatable bonds is 7. The second-order valence-corrected chi connectivity index (χ2v) is 16.9. The first-order chi connectivity index (χ1) is 22.7. The maximum Gasteiger partial charge on any atom is 0.311 e. The van der Waals surface area contributed by atoms with Crippen molar-refractivity contribution in [3.8, 4) is 0 Å². The molecule has 0 saturated carbocycles. The van der Waals surface area contributed by atoms with Crippen molar-refractivity contribution in [2.75, 3.05) is 21.2 Å². The number of aliphatic hydroxyl groups excluding tert-OH is 2. The van der Waals surface area contributed by atoms with Crippen molar-refractivity contribution >= 4 is 5.97 Å². The zero-order valence-corrected chi connectivity index (χ0v) is 32.2. The van der Waals surface area contributed by atoms with Gasteiger partial charge in [-0.1, -0.05) is 20.8 Å². The monoisotopic (exact) mass is 695 g/mol. The normalized spacial score (nSPS) is 52.4. The Morgan fingerprint density at radius 1 is 1.02 bits per heavy atom. The second kappa shape index (κ2) is 14.0. The Morgan fingerprint density at radius 3 is 2.31 bits per heavy atom. The van der Waals surface area contributed by atoms with E-state index in [1.807, 2.05) is 41.8 Å². The Hall–Kier alpha value is -1.15. The molecule has 0 aromatic carbocycles. The summed E-state index contributed by atoms with van der Waals surface area (Å²) in [5.74, 6) is -2.61. The Morgan fingerprint density at radius 2 is 1.69 bits per heavy atom. The average Bonchev–Trinajstić information content (AvgIpc) is 3.45. The number of aliphatic hydroxyl groups is 2. The van der Waals surface area contributed by atoms with E-state index in [4.69, 9.17) is 33.2 Å². The second-order valence-electron chi connectivity index (χ2n) is 16.9. The molecule has 5 aliphatic heterocycles. The van der Waals surface area contributed by atoms with Gasteiger partial charge in [-0.2, -0.15) is 0 Å². The van der Waals surface area contributed by atoms with Gasteiger partial charge in [-0.15, -0.1) is 0 Å². The molecule has 11 nitrogen and oxygen atoms in total. The molecule has 17 atom stereocenters. The standard InChI is InChI=1S/C38H65NO10/c1-14-29-36(9)18-21(3)38(49-36)20(2)17-35(8,48-38)26(16-28-31(40)27(39(11)12)15-22(4)44-28)23(5)32(24(6)34(42)46-29)47-30-19-37(10,43-13)33(41)25(7)45-30/h18,20,22-33,40-41H,14-17,19H2,1-13H3/t20-,22-,23-,24-,25+,26-,27+,28+,29-,30+,31-,32+,33+,35+,36+,37-,38-/m1/s1. The van der Waals surface area contributed by atoms with E-state index < -0.39 is 71.4 Å². The molecule has 0 radical (unpaired) electrons. The third-order valence-corrected chi connectivity index (χ3v) is 12.9. The Kier molecular flexibility index (Phi) is 11.2. The van der Waals surface area contributed by atoms with E-state index in [9.17, 15) is 15.0 Å². The zero-order valence-electron chi connectivity index (χ0n) is 32.2. The molecular formula is C38H65NO10. The van der Waals surface area contributed by atoms with Gasteiger partial charge in [0.05, 0.1) is 47.6 Å². The lowest BCUT2D eigenvalue weighted by Crippen LogP contribution is -2.58. The van der Waals surface area contributed by atoms with Crippen molar-refractivity contribution < 1.29 is 48.2 Å². The third-order valence-electron chi connectivity index (χ3n) is 12.9. The molecule has 3 bridgehead atoms. The number of nitrogens with zero attached hydrogens (tertiary/aromatic N) is 1. The summed E-state index contributed by atoms with van der Waals surface area (Å²) in [6, 6.07) is -0.0656. The van der Waals surface area contributed by atoms with Gasteiger partial charge in [0, 0.05) is 25.5 Å². The quantitative estimate of drug-likeness (QED) is 0.287. The Labute approximate surface area is 294 Å². The number of likely N-dealkylation sites (N-methyl/N-ethyl adjacent to an activating group) is 1. The summed E-state index contributed by atoms with van der Waals surface area (Å²) < 4.78 is 46.1. The predicted octanol–water partition coefficient (Wildman–Crippen LogP) is 4.60. The van der Waals surface area contributed by atoms with E-state index in [-0.39, 0.29) is 42.3 Å². The van der Waals surface area contributed by atoms with Crippen LogP contribution in [0.2, 0.25) is 0 Å². The minimum atomic E-state index is -0.994. The molecule has 11 heteroatoms. The van der Waals surface area contributed by atoms with E-state index in [0.717, 1.165) is 12.0 Å². The molecule has 0 aromatic rings. The van der Waals surface area contributed by atoms with Gasteiger partial charge in [-0.3, -0.25) is 4.79 Å². The van der Waals surface area contributed by atoms with Crippen LogP contribution in [0.15, 0.2) is 11.6 Å². The highest BCUT2D eigenvalue weighted by molar-refractivity contribution is 5.73. The highest BCUT2D eigenvalue weighted by Crippen LogP contribution is 2.58. The van der Waals surface area contributed by atoms with Gasteiger partial charge in [-0.25, -0.2) is 0 Å². The molecule has 5 heterocycles. The van der Waals surface area contributed by atoms with E-state index in [1.54, 1.807) is 14.0 Å². The fourth-order valence-electron chi connectivity index (χ4n) is 10.0. The summed E-state index contributed by atoms with van der Waals surface area (Å²) in [5, 5.41) is 22.7. The topological polar surface area (TPSA) is 125 Å². The molecule has 0 aliphatic carbocycles. The number of cyclic esters (lactones) is 1. The van der Waals surface area contributed by atoms with Crippen LogP contribution in [0.1, 0.15) is 101 Å². The smallest absolute Gasteiger partial charge is 0.311 e. The molecule has 2 N–H and O–H groups in total. The van der Waals surface area contributed by atoms with Crippen molar-refractivity contribution in [2.24, 2.45) is 23.7 Å². The van der Waals surface area contributed by atoms with Crippen molar-refractivity contribution in [1.82, 2.24) is 4.90 Å². The molecule has 282 valence electrons. The predicted molar refractivity (Wildman–Crippen MR) is 184 cm³/mol. The molecule has 49 heavy (non-hydrogen) atoms. The van der Waals surface area contributed by atoms with Crippen LogP contribution in [0.25, 0.3) is 0 Å². The van der Waals surface area contributed by atoms with Gasteiger partial charge in [0.15, 0.2) is 12.1 Å². The van der Waals surface area contributed by atoms with Gasteiger partial charge in [0.25, 0.3) is 0 Å². The molecule has 4 saturated heterocycles.